The molecule has 6 heteroatoms. The molecule has 0 atom stereocenters. The largest absolute Gasteiger partial charge is 0.462 e. The number of esters is 1. The Balaban J connectivity index is 2.54. The third-order valence-electron chi connectivity index (χ3n) is 2.72. The molecule has 0 aliphatic carbocycles. The summed E-state index contributed by atoms with van der Waals surface area (Å²) in [6.07, 6.45) is 2.22. The molecule has 0 aliphatic rings. The number of rotatable bonds is 4. The number of hydrogen-bond donors (Lipinski definition) is 1. The van der Waals surface area contributed by atoms with Gasteiger partial charge in [0, 0.05) is 10.4 Å². The van der Waals surface area contributed by atoms with Crippen molar-refractivity contribution in [2.75, 3.05) is 12.3 Å². The maximum Gasteiger partial charge on any atom is 0.350 e. The first-order valence-corrected chi connectivity index (χ1v) is 7.11. The Kier molecular flexibility index (Phi) is 4.17. The standard InChI is InChI=1S/C13H14ClNO3S/c1-3-7-9(15)11(13(16)17-4-2)19-10(7)8-5-6-18-12(8)14/h5-6H,3-4,15H2,1-2H3. The Morgan fingerprint density at radius 1 is 1.53 bits per heavy atom. The van der Waals surface area contributed by atoms with Crippen molar-refractivity contribution in [1.82, 2.24) is 0 Å². The molecule has 2 aromatic heterocycles. The van der Waals surface area contributed by atoms with E-state index in [2.05, 4.69) is 0 Å². The minimum atomic E-state index is -0.398. The highest BCUT2D eigenvalue weighted by Crippen LogP contribution is 2.42. The van der Waals surface area contributed by atoms with Crippen molar-refractivity contribution in [2.24, 2.45) is 0 Å². The number of halogens is 1. The Hall–Kier alpha value is -1.46. The van der Waals surface area contributed by atoms with E-state index in [-0.39, 0.29) is 0 Å². The predicted molar refractivity (Wildman–Crippen MR) is 76.8 cm³/mol. The van der Waals surface area contributed by atoms with Crippen molar-refractivity contribution in [3.8, 4) is 10.4 Å². The summed E-state index contributed by atoms with van der Waals surface area (Å²) in [5.41, 5.74) is 8.16. The third kappa shape index (κ3) is 2.48. The minimum absolute atomic E-state index is 0.298. The highest BCUT2D eigenvalue weighted by molar-refractivity contribution is 7.18. The first kappa shape index (κ1) is 14.0. The number of ether oxygens (including phenoxy) is 1. The number of nitrogens with two attached hydrogens (primary N) is 1. The predicted octanol–water partition coefficient (Wildman–Crippen LogP) is 3.98. The highest BCUT2D eigenvalue weighted by Gasteiger charge is 2.23. The van der Waals surface area contributed by atoms with Gasteiger partial charge < -0.3 is 14.9 Å². The normalized spacial score (nSPS) is 10.7. The molecule has 0 saturated heterocycles. The molecule has 2 N–H and O–H groups in total. The van der Waals surface area contributed by atoms with Crippen LogP contribution in [0.5, 0.6) is 0 Å². The molecule has 19 heavy (non-hydrogen) atoms. The molecule has 0 fully saturated rings. The number of hydrogen-bond acceptors (Lipinski definition) is 5. The molecule has 2 rings (SSSR count). The molecule has 0 unspecified atom stereocenters. The van der Waals surface area contributed by atoms with Crippen LogP contribution in [0.25, 0.3) is 10.4 Å². The van der Waals surface area contributed by atoms with Gasteiger partial charge in [-0.15, -0.1) is 11.3 Å². The average Bonchev–Trinajstić information content (AvgIpc) is 2.93. The Bertz CT molecular complexity index is 603. The van der Waals surface area contributed by atoms with Gasteiger partial charge in [0.25, 0.3) is 0 Å². The van der Waals surface area contributed by atoms with E-state index < -0.39 is 5.97 Å². The zero-order chi connectivity index (χ0) is 14.0. The van der Waals surface area contributed by atoms with Crippen LogP contribution in [0.2, 0.25) is 5.22 Å². The van der Waals surface area contributed by atoms with Gasteiger partial charge in [0.05, 0.1) is 18.6 Å². The molecular weight excluding hydrogens is 286 g/mol. The summed E-state index contributed by atoms with van der Waals surface area (Å²) in [5, 5.41) is 0.298. The summed E-state index contributed by atoms with van der Waals surface area (Å²) < 4.78 is 10.1. The summed E-state index contributed by atoms with van der Waals surface area (Å²) in [4.78, 5) is 13.1. The van der Waals surface area contributed by atoms with Crippen molar-refractivity contribution < 1.29 is 13.9 Å². The van der Waals surface area contributed by atoms with Gasteiger partial charge in [-0.2, -0.15) is 0 Å². The summed E-state index contributed by atoms with van der Waals surface area (Å²) in [7, 11) is 0. The van der Waals surface area contributed by atoms with E-state index in [1.165, 1.54) is 17.6 Å². The second-order valence-electron chi connectivity index (χ2n) is 3.83. The number of nitrogen functional groups attached to an aromatic ring is 1. The molecule has 0 bridgehead atoms. The van der Waals surface area contributed by atoms with Crippen molar-refractivity contribution >= 4 is 34.6 Å². The Morgan fingerprint density at radius 2 is 2.26 bits per heavy atom. The van der Waals surface area contributed by atoms with Crippen molar-refractivity contribution in [1.29, 1.82) is 0 Å². The van der Waals surface area contributed by atoms with Crippen LogP contribution in [0.3, 0.4) is 0 Å². The third-order valence-corrected chi connectivity index (χ3v) is 4.28. The molecule has 0 aliphatic heterocycles. The molecule has 0 amide bonds. The topological polar surface area (TPSA) is 65.5 Å². The fourth-order valence-corrected chi connectivity index (χ4v) is 3.34. The van der Waals surface area contributed by atoms with Gasteiger partial charge in [-0.05, 0) is 36.6 Å². The lowest BCUT2D eigenvalue weighted by Crippen LogP contribution is -2.05. The quantitative estimate of drug-likeness (QED) is 0.867. The zero-order valence-corrected chi connectivity index (χ0v) is 12.2. The summed E-state index contributed by atoms with van der Waals surface area (Å²) in [6, 6.07) is 1.77. The van der Waals surface area contributed by atoms with E-state index in [1.54, 1.807) is 13.0 Å². The van der Waals surface area contributed by atoms with Crippen molar-refractivity contribution in [2.45, 2.75) is 20.3 Å². The second-order valence-corrected chi connectivity index (χ2v) is 5.20. The van der Waals surface area contributed by atoms with Gasteiger partial charge in [0.1, 0.15) is 4.88 Å². The molecule has 0 saturated carbocycles. The SMILES string of the molecule is CCOC(=O)c1sc(-c2ccoc2Cl)c(CC)c1N. The maximum atomic E-state index is 11.9. The van der Waals surface area contributed by atoms with Crippen LogP contribution in [0.15, 0.2) is 16.7 Å². The van der Waals surface area contributed by atoms with Gasteiger partial charge in [-0.1, -0.05) is 6.92 Å². The first-order chi connectivity index (χ1) is 9.10. The maximum absolute atomic E-state index is 11.9. The van der Waals surface area contributed by atoms with E-state index in [4.69, 9.17) is 26.5 Å². The number of anilines is 1. The average molecular weight is 300 g/mol. The molecule has 0 aromatic carbocycles. The summed E-state index contributed by atoms with van der Waals surface area (Å²) in [6.45, 7) is 4.06. The molecular formula is C13H14ClNO3S. The van der Waals surface area contributed by atoms with Crippen LogP contribution >= 0.6 is 22.9 Å². The second kappa shape index (κ2) is 5.67. The van der Waals surface area contributed by atoms with E-state index in [9.17, 15) is 4.79 Å². The van der Waals surface area contributed by atoms with E-state index >= 15 is 0 Å². The van der Waals surface area contributed by atoms with E-state index in [0.717, 1.165) is 16.0 Å². The number of carbonyl (C=O) groups excluding carboxylic acids is 1. The molecule has 102 valence electrons. The lowest BCUT2D eigenvalue weighted by Gasteiger charge is -2.01. The smallest absolute Gasteiger partial charge is 0.350 e. The van der Waals surface area contributed by atoms with Crippen LogP contribution in [0.4, 0.5) is 5.69 Å². The minimum Gasteiger partial charge on any atom is -0.462 e. The van der Waals surface area contributed by atoms with E-state index in [1.807, 2.05) is 6.92 Å². The fraction of sp³-hybridized carbons (Fsp3) is 0.308. The summed E-state index contributed by atoms with van der Waals surface area (Å²) >= 11 is 7.28. The van der Waals surface area contributed by atoms with Crippen LogP contribution in [-0.4, -0.2) is 12.6 Å². The first-order valence-electron chi connectivity index (χ1n) is 5.91. The van der Waals surface area contributed by atoms with Crippen molar-refractivity contribution in [3.05, 3.63) is 28.0 Å². The van der Waals surface area contributed by atoms with Gasteiger partial charge in [-0.25, -0.2) is 4.79 Å². The lowest BCUT2D eigenvalue weighted by atomic mass is 10.1. The Labute approximate surface area is 120 Å². The lowest BCUT2D eigenvalue weighted by molar-refractivity contribution is 0.0533. The molecule has 2 heterocycles. The number of thiophene rings is 1. The molecule has 4 nitrogen and oxygen atoms in total. The zero-order valence-electron chi connectivity index (χ0n) is 10.7. The van der Waals surface area contributed by atoms with Crippen LogP contribution in [0.1, 0.15) is 29.1 Å². The molecule has 2 aromatic rings. The fourth-order valence-electron chi connectivity index (χ4n) is 1.85. The Morgan fingerprint density at radius 3 is 2.79 bits per heavy atom. The van der Waals surface area contributed by atoms with Crippen LogP contribution < -0.4 is 5.73 Å². The molecule has 0 radical (unpaired) electrons. The number of carbonyl (C=O) groups is 1. The van der Waals surface area contributed by atoms with Gasteiger partial charge >= 0.3 is 5.97 Å². The summed E-state index contributed by atoms with van der Waals surface area (Å²) in [5.74, 6) is -0.398. The highest BCUT2D eigenvalue weighted by atomic mass is 35.5. The van der Waals surface area contributed by atoms with Gasteiger partial charge in [-0.3, -0.25) is 0 Å². The van der Waals surface area contributed by atoms with Gasteiger partial charge in [0.2, 0.25) is 5.22 Å². The van der Waals surface area contributed by atoms with E-state index in [0.29, 0.717) is 28.8 Å². The molecule has 0 spiro atoms. The van der Waals surface area contributed by atoms with Crippen LogP contribution in [-0.2, 0) is 11.2 Å². The van der Waals surface area contributed by atoms with Crippen LogP contribution in [0, 0.1) is 0 Å². The monoisotopic (exact) mass is 299 g/mol. The van der Waals surface area contributed by atoms with Gasteiger partial charge in [0.15, 0.2) is 0 Å². The van der Waals surface area contributed by atoms with Crippen molar-refractivity contribution in [3.63, 3.8) is 0 Å². The number of furan rings is 1.